The van der Waals surface area contributed by atoms with Crippen molar-refractivity contribution in [3.8, 4) is 0 Å². The zero-order valence-electron chi connectivity index (χ0n) is 10.6. The first-order chi connectivity index (χ1) is 8.68. The van der Waals surface area contributed by atoms with Crippen LogP contribution in [0.1, 0.15) is 10.4 Å². The maximum atomic E-state index is 12.0. The van der Waals surface area contributed by atoms with Crippen molar-refractivity contribution in [2.45, 2.75) is 0 Å². The van der Waals surface area contributed by atoms with Crippen molar-refractivity contribution in [3.05, 3.63) is 36.3 Å². The fourth-order valence-corrected chi connectivity index (χ4v) is 1.65. The number of nitrogens with one attached hydrogen (secondary N) is 1. The van der Waals surface area contributed by atoms with Crippen LogP contribution < -0.4 is 5.32 Å². The fourth-order valence-electron chi connectivity index (χ4n) is 1.65. The first-order valence-corrected chi connectivity index (χ1v) is 5.80. The highest BCUT2D eigenvalue weighted by Crippen LogP contribution is 2.13. The Hall–Kier alpha value is -2.01. The number of rotatable bonds is 4. The molecule has 2 aromatic heterocycles. The van der Waals surface area contributed by atoms with Crippen molar-refractivity contribution in [1.82, 2.24) is 20.2 Å². The van der Waals surface area contributed by atoms with Gasteiger partial charge in [-0.15, -0.1) is 0 Å². The van der Waals surface area contributed by atoms with Gasteiger partial charge in [-0.1, -0.05) is 0 Å². The SMILES string of the molecule is CN(C)CCNC(=O)c1cncc2cccnc12. The number of nitrogens with zero attached hydrogens (tertiary/aromatic N) is 3. The Morgan fingerprint density at radius 1 is 1.39 bits per heavy atom. The van der Waals surface area contributed by atoms with E-state index in [4.69, 9.17) is 0 Å². The minimum Gasteiger partial charge on any atom is -0.351 e. The molecule has 2 heterocycles. The van der Waals surface area contributed by atoms with E-state index >= 15 is 0 Å². The monoisotopic (exact) mass is 244 g/mol. The molecule has 0 aliphatic rings. The summed E-state index contributed by atoms with van der Waals surface area (Å²) in [7, 11) is 3.93. The van der Waals surface area contributed by atoms with Gasteiger partial charge in [0.25, 0.3) is 5.91 Å². The molecule has 0 saturated carbocycles. The molecule has 0 aromatic carbocycles. The number of aromatic nitrogens is 2. The molecule has 0 aliphatic heterocycles. The largest absolute Gasteiger partial charge is 0.351 e. The van der Waals surface area contributed by atoms with Gasteiger partial charge in [-0.3, -0.25) is 14.8 Å². The molecular formula is C13H16N4O. The molecule has 0 bridgehead atoms. The van der Waals surface area contributed by atoms with Crippen LogP contribution in [0.5, 0.6) is 0 Å². The Balaban J connectivity index is 2.17. The second kappa shape index (κ2) is 5.55. The number of carbonyl (C=O) groups is 1. The van der Waals surface area contributed by atoms with Crippen LogP contribution in [0.3, 0.4) is 0 Å². The van der Waals surface area contributed by atoms with Gasteiger partial charge in [-0.25, -0.2) is 0 Å². The molecule has 0 radical (unpaired) electrons. The zero-order valence-corrected chi connectivity index (χ0v) is 10.6. The molecule has 18 heavy (non-hydrogen) atoms. The third-order valence-corrected chi connectivity index (χ3v) is 2.60. The number of carbonyl (C=O) groups excluding carboxylic acids is 1. The number of likely N-dealkylation sites (N-methyl/N-ethyl adjacent to an activating group) is 1. The Kier molecular flexibility index (Phi) is 3.84. The second-order valence-corrected chi connectivity index (χ2v) is 4.32. The van der Waals surface area contributed by atoms with E-state index in [1.807, 2.05) is 31.1 Å². The van der Waals surface area contributed by atoms with Crippen molar-refractivity contribution in [2.24, 2.45) is 0 Å². The van der Waals surface area contributed by atoms with Crippen molar-refractivity contribution in [2.75, 3.05) is 27.2 Å². The summed E-state index contributed by atoms with van der Waals surface area (Å²) in [6.45, 7) is 1.41. The third-order valence-electron chi connectivity index (χ3n) is 2.60. The summed E-state index contributed by atoms with van der Waals surface area (Å²) < 4.78 is 0. The normalized spacial score (nSPS) is 10.8. The quantitative estimate of drug-likeness (QED) is 0.869. The van der Waals surface area contributed by atoms with E-state index in [-0.39, 0.29) is 5.91 Å². The summed E-state index contributed by atoms with van der Waals surface area (Å²) in [6, 6.07) is 3.73. The maximum absolute atomic E-state index is 12.0. The Bertz CT molecular complexity index is 548. The summed E-state index contributed by atoms with van der Waals surface area (Å²) in [4.78, 5) is 22.3. The number of hydrogen-bond donors (Lipinski definition) is 1. The molecule has 0 spiro atoms. The standard InChI is InChI=1S/C13H16N4O/c1-17(2)7-6-16-13(18)11-9-14-8-10-4-3-5-15-12(10)11/h3-5,8-9H,6-7H2,1-2H3,(H,16,18). The van der Waals surface area contributed by atoms with Gasteiger partial charge in [-0.05, 0) is 26.2 Å². The third kappa shape index (κ3) is 2.81. The van der Waals surface area contributed by atoms with E-state index in [1.165, 1.54) is 0 Å². The van der Waals surface area contributed by atoms with Crippen LogP contribution in [0.2, 0.25) is 0 Å². The predicted molar refractivity (Wildman–Crippen MR) is 70.4 cm³/mol. The van der Waals surface area contributed by atoms with Gasteiger partial charge >= 0.3 is 0 Å². The van der Waals surface area contributed by atoms with Crippen LogP contribution in [0, 0.1) is 0 Å². The molecule has 1 amide bonds. The summed E-state index contributed by atoms with van der Waals surface area (Å²) in [6.07, 6.45) is 4.94. The van der Waals surface area contributed by atoms with Crippen LogP contribution in [0.4, 0.5) is 0 Å². The molecule has 1 N–H and O–H groups in total. The van der Waals surface area contributed by atoms with Crippen molar-refractivity contribution < 1.29 is 4.79 Å². The lowest BCUT2D eigenvalue weighted by Crippen LogP contribution is -2.31. The van der Waals surface area contributed by atoms with Crippen LogP contribution in [0.15, 0.2) is 30.7 Å². The molecule has 0 unspecified atom stereocenters. The van der Waals surface area contributed by atoms with Crippen LogP contribution in [-0.2, 0) is 0 Å². The molecular weight excluding hydrogens is 228 g/mol. The Morgan fingerprint density at radius 3 is 3.00 bits per heavy atom. The molecule has 0 atom stereocenters. The van der Waals surface area contributed by atoms with Crippen molar-refractivity contribution in [3.63, 3.8) is 0 Å². The Labute approximate surface area is 106 Å². The van der Waals surface area contributed by atoms with E-state index in [0.29, 0.717) is 17.6 Å². The minimum absolute atomic E-state index is 0.131. The van der Waals surface area contributed by atoms with Crippen molar-refractivity contribution >= 4 is 16.8 Å². The molecule has 0 saturated heterocycles. The molecule has 5 nitrogen and oxygen atoms in total. The summed E-state index contributed by atoms with van der Waals surface area (Å²) in [5, 5.41) is 3.73. The number of hydrogen-bond acceptors (Lipinski definition) is 4. The highest BCUT2D eigenvalue weighted by molar-refractivity contribution is 6.04. The van der Waals surface area contributed by atoms with Gasteiger partial charge in [0.15, 0.2) is 0 Å². The van der Waals surface area contributed by atoms with Gasteiger partial charge in [0.2, 0.25) is 0 Å². The van der Waals surface area contributed by atoms with Gasteiger partial charge < -0.3 is 10.2 Å². The lowest BCUT2D eigenvalue weighted by atomic mass is 10.2. The summed E-state index contributed by atoms with van der Waals surface area (Å²) >= 11 is 0. The summed E-state index contributed by atoms with van der Waals surface area (Å²) in [5.74, 6) is -0.131. The van der Waals surface area contributed by atoms with E-state index in [1.54, 1.807) is 18.6 Å². The van der Waals surface area contributed by atoms with E-state index < -0.39 is 0 Å². The van der Waals surface area contributed by atoms with Crippen LogP contribution >= 0.6 is 0 Å². The lowest BCUT2D eigenvalue weighted by molar-refractivity contribution is 0.0952. The van der Waals surface area contributed by atoms with Gasteiger partial charge in [0, 0.05) is 37.1 Å². The van der Waals surface area contributed by atoms with Gasteiger partial charge in [0.1, 0.15) is 0 Å². The predicted octanol–water partition coefficient (Wildman–Crippen LogP) is 0.921. The fraction of sp³-hybridized carbons (Fsp3) is 0.308. The first-order valence-electron chi connectivity index (χ1n) is 5.80. The number of pyridine rings is 2. The van der Waals surface area contributed by atoms with E-state index in [0.717, 1.165) is 11.9 Å². The molecule has 5 heteroatoms. The molecule has 94 valence electrons. The highest BCUT2D eigenvalue weighted by atomic mass is 16.1. The second-order valence-electron chi connectivity index (χ2n) is 4.32. The van der Waals surface area contributed by atoms with Gasteiger partial charge in [-0.2, -0.15) is 0 Å². The maximum Gasteiger partial charge on any atom is 0.255 e. The topological polar surface area (TPSA) is 58.1 Å². The lowest BCUT2D eigenvalue weighted by Gasteiger charge is -2.10. The average Bonchev–Trinajstić information content (AvgIpc) is 2.37. The van der Waals surface area contributed by atoms with E-state index in [9.17, 15) is 4.79 Å². The minimum atomic E-state index is -0.131. The van der Waals surface area contributed by atoms with Crippen LogP contribution in [-0.4, -0.2) is 48.0 Å². The molecule has 0 fully saturated rings. The highest BCUT2D eigenvalue weighted by Gasteiger charge is 2.10. The smallest absolute Gasteiger partial charge is 0.255 e. The molecule has 0 aliphatic carbocycles. The Morgan fingerprint density at radius 2 is 2.22 bits per heavy atom. The zero-order chi connectivity index (χ0) is 13.0. The molecule has 2 aromatic rings. The average molecular weight is 244 g/mol. The van der Waals surface area contributed by atoms with Gasteiger partial charge in [0.05, 0.1) is 11.1 Å². The number of amides is 1. The van der Waals surface area contributed by atoms with Crippen molar-refractivity contribution in [1.29, 1.82) is 0 Å². The van der Waals surface area contributed by atoms with E-state index in [2.05, 4.69) is 15.3 Å². The first kappa shape index (κ1) is 12.4. The number of fused-ring (bicyclic) bond motifs is 1. The summed E-state index contributed by atoms with van der Waals surface area (Å²) in [5.41, 5.74) is 1.21. The molecule has 2 rings (SSSR count). The van der Waals surface area contributed by atoms with Crippen LogP contribution in [0.25, 0.3) is 10.9 Å².